The van der Waals surface area contributed by atoms with Crippen LogP contribution in [0, 0.1) is 5.92 Å². The molecule has 0 radical (unpaired) electrons. The summed E-state index contributed by atoms with van der Waals surface area (Å²) in [6.07, 6.45) is 0. The van der Waals surface area contributed by atoms with Crippen LogP contribution in [0.5, 0.6) is 5.75 Å². The predicted molar refractivity (Wildman–Crippen MR) is 115 cm³/mol. The van der Waals surface area contributed by atoms with Crippen molar-refractivity contribution in [1.29, 1.82) is 0 Å². The lowest BCUT2D eigenvalue weighted by Crippen LogP contribution is -2.16. The second-order valence-corrected chi connectivity index (χ2v) is 6.91. The maximum absolute atomic E-state index is 11.5. The molecule has 0 aliphatic heterocycles. The number of hydrogen-bond donors (Lipinski definition) is 0. The second-order valence-electron chi connectivity index (χ2n) is 6.91. The normalized spacial score (nSPS) is 10.7. The Morgan fingerprint density at radius 3 is 1.83 bits per heavy atom. The van der Waals surface area contributed by atoms with Crippen LogP contribution >= 0.6 is 0 Å². The molecule has 0 heterocycles. The molecule has 0 spiro atoms. The molecule has 0 aromatic heterocycles. The van der Waals surface area contributed by atoms with E-state index in [-0.39, 0.29) is 18.7 Å². The predicted octanol–water partition coefficient (Wildman–Crippen LogP) is 5.57. The molecule has 4 heteroatoms. The van der Waals surface area contributed by atoms with Gasteiger partial charge in [0.05, 0.1) is 12.5 Å². The van der Waals surface area contributed by atoms with Gasteiger partial charge < -0.3 is 14.2 Å². The van der Waals surface area contributed by atoms with Gasteiger partial charge in [-0.3, -0.25) is 4.79 Å². The molecule has 0 atom stereocenters. The van der Waals surface area contributed by atoms with Gasteiger partial charge in [-0.2, -0.15) is 0 Å². The van der Waals surface area contributed by atoms with Crippen LogP contribution < -0.4 is 4.74 Å². The van der Waals surface area contributed by atoms with Crippen molar-refractivity contribution in [2.24, 2.45) is 5.92 Å². The van der Waals surface area contributed by atoms with E-state index in [2.05, 4.69) is 36.4 Å². The van der Waals surface area contributed by atoms with Crippen LogP contribution in [0.15, 0.2) is 78.9 Å². The zero-order valence-electron chi connectivity index (χ0n) is 16.8. The number of esters is 1. The lowest BCUT2D eigenvalue weighted by atomic mass is 9.97. The first-order valence-corrected chi connectivity index (χ1v) is 9.78. The smallest absolute Gasteiger partial charge is 0.310 e. The van der Waals surface area contributed by atoms with E-state index in [0.717, 1.165) is 28.0 Å². The third-order valence-corrected chi connectivity index (χ3v) is 4.41. The van der Waals surface area contributed by atoms with Crippen LogP contribution in [0.2, 0.25) is 0 Å². The number of rotatable bonds is 9. The summed E-state index contributed by atoms with van der Waals surface area (Å²) in [4.78, 5) is 11.5. The Kier molecular flexibility index (Phi) is 7.42. The van der Waals surface area contributed by atoms with Gasteiger partial charge in [0.1, 0.15) is 12.4 Å². The molecule has 0 saturated heterocycles. The van der Waals surface area contributed by atoms with E-state index in [1.54, 1.807) is 13.8 Å². The Bertz CT molecular complexity index is 847. The minimum Gasteiger partial charge on any atom is -0.490 e. The molecule has 29 heavy (non-hydrogen) atoms. The van der Waals surface area contributed by atoms with E-state index in [1.165, 1.54) is 0 Å². The number of carbonyl (C=O) groups is 1. The van der Waals surface area contributed by atoms with Gasteiger partial charge >= 0.3 is 5.97 Å². The van der Waals surface area contributed by atoms with Crippen molar-refractivity contribution in [3.8, 4) is 28.0 Å². The quantitative estimate of drug-likeness (QED) is 0.272. The molecule has 0 amide bonds. The largest absolute Gasteiger partial charge is 0.490 e. The summed E-state index contributed by atoms with van der Waals surface area (Å²) in [6.45, 7) is 4.19. The Morgan fingerprint density at radius 1 is 0.759 bits per heavy atom. The highest BCUT2D eigenvalue weighted by Gasteiger charge is 2.13. The fraction of sp³-hybridized carbons (Fsp3) is 0.240. The van der Waals surface area contributed by atoms with E-state index in [0.29, 0.717) is 13.2 Å². The van der Waals surface area contributed by atoms with Crippen LogP contribution in [0.1, 0.15) is 13.8 Å². The highest BCUT2D eigenvalue weighted by atomic mass is 16.7. The third-order valence-electron chi connectivity index (χ3n) is 4.41. The molecule has 4 nitrogen and oxygen atoms in total. The van der Waals surface area contributed by atoms with Gasteiger partial charge in [0.25, 0.3) is 0 Å². The van der Waals surface area contributed by atoms with E-state index >= 15 is 0 Å². The molecular formula is C25H26O4. The number of hydrogen-bond acceptors (Lipinski definition) is 4. The lowest BCUT2D eigenvalue weighted by molar-refractivity contribution is -0.160. The molecule has 0 unspecified atom stereocenters. The number of ether oxygens (including phenoxy) is 3. The standard InChI is InChI=1S/C25H26O4/c1-19(2)25(26)29-18-27-16-17-28-24-22(20-10-5-3-6-11-20)14-9-15-23(24)21-12-7-4-8-13-21/h3-15,19H,16-18H2,1-2H3. The van der Waals surface area contributed by atoms with Gasteiger partial charge in [0.15, 0.2) is 6.79 Å². The summed E-state index contributed by atoms with van der Waals surface area (Å²) < 4.78 is 16.6. The van der Waals surface area contributed by atoms with Gasteiger partial charge in [-0.25, -0.2) is 0 Å². The van der Waals surface area contributed by atoms with Gasteiger partial charge in [-0.05, 0) is 11.1 Å². The van der Waals surface area contributed by atoms with Gasteiger partial charge in [-0.1, -0.05) is 92.7 Å². The first-order valence-electron chi connectivity index (χ1n) is 9.78. The maximum Gasteiger partial charge on any atom is 0.310 e. The Morgan fingerprint density at radius 2 is 1.31 bits per heavy atom. The van der Waals surface area contributed by atoms with E-state index in [9.17, 15) is 4.79 Å². The molecule has 150 valence electrons. The molecule has 0 aliphatic rings. The fourth-order valence-electron chi connectivity index (χ4n) is 2.91. The fourth-order valence-corrected chi connectivity index (χ4v) is 2.91. The third kappa shape index (κ3) is 5.69. The van der Waals surface area contributed by atoms with Crippen LogP contribution in [0.4, 0.5) is 0 Å². The lowest BCUT2D eigenvalue weighted by Gasteiger charge is -2.17. The van der Waals surface area contributed by atoms with Crippen molar-refractivity contribution < 1.29 is 19.0 Å². The molecular weight excluding hydrogens is 364 g/mol. The molecule has 3 rings (SSSR count). The van der Waals surface area contributed by atoms with Crippen molar-refractivity contribution in [2.75, 3.05) is 20.0 Å². The molecule has 0 N–H and O–H groups in total. The average Bonchev–Trinajstić information content (AvgIpc) is 2.77. The summed E-state index contributed by atoms with van der Waals surface area (Å²) in [5, 5.41) is 0. The van der Waals surface area contributed by atoms with Gasteiger partial charge in [-0.15, -0.1) is 0 Å². The highest BCUT2D eigenvalue weighted by Crippen LogP contribution is 2.38. The minimum atomic E-state index is -0.272. The topological polar surface area (TPSA) is 44.8 Å². The van der Waals surface area contributed by atoms with Crippen molar-refractivity contribution >= 4 is 5.97 Å². The monoisotopic (exact) mass is 390 g/mol. The zero-order valence-corrected chi connectivity index (χ0v) is 16.8. The Hall–Kier alpha value is -3.11. The molecule has 0 aliphatic carbocycles. The van der Waals surface area contributed by atoms with Crippen molar-refractivity contribution in [3.05, 3.63) is 78.9 Å². The van der Waals surface area contributed by atoms with Crippen LogP contribution in [-0.2, 0) is 14.3 Å². The van der Waals surface area contributed by atoms with Crippen molar-refractivity contribution in [1.82, 2.24) is 0 Å². The second kappa shape index (κ2) is 10.4. The molecule has 0 fully saturated rings. The maximum atomic E-state index is 11.5. The molecule has 0 bridgehead atoms. The first-order chi connectivity index (χ1) is 14.2. The summed E-state index contributed by atoms with van der Waals surface area (Å²) in [6, 6.07) is 26.5. The molecule has 3 aromatic rings. The average molecular weight is 390 g/mol. The van der Waals surface area contributed by atoms with E-state index in [1.807, 2.05) is 42.5 Å². The zero-order chi connectivity index (χ0) is 20.5. The van der Waals surface area contributed by atoms with Crippen LogP contribution in [-0.4, -0.2) is 26.0 Å². The minimum absolute atomic E-state index is 0.0632. The molecule has 0 saturated carbocycles. The van der Waals surface area contributed by atoms with E-state index < -0.39 is 0 Å². The number of para-hydroxylation sites is 1. The summed E-state index contributed by atoms with van der Waals surface area (Å²) in [5.74, 6) is 0.375. The summed E-state index contributed by atoms with van der Waals surface area (Å²) in [7, 11) is 0. The Labute approximate surface area is 172 Å². The summed E-state index contributed by atoms with van der Waals surface area (Å²) >= 11 is 0. The highest BCUT2D eigenvalue weighted by molar-refractivity contribution is 5.82. The van der Waals surface area contributed by atoms with Crippen LogP contribution in [0.25, 0.3) is 22.3 Å². The first kappa shape index (κ1) is 20.6. The van der Waals surface area contributed by atoms with Crippen molar-refractivity contribution in [3.63, 3.8) is 0 Å². The SMILES string of the molecule is CC(C)C(=O)OCOCCOc1c(-c2ccccc2)cccc1-c1ccccc1. The Balaban J connectivity index is 1.74. The van der Waals surface area contributed by atoms with Gasteiger partial charge in [0, 0.05) is 11.1 Å². The van der Waals surface area contributed by atoms with Crippen molar-refractivity contribution in [2.45, 2.75) is 13.8 Å². The summed E-state index contributed by atoms with van der Waals surface area (Å²) in [5.41, 5.74) is 4.23. The van der Waals surface area contributed by atoms with Gasteiger partial charge in [0.2, 0.25) is 0 Å². The number of carbonyl (C=O) groups excluding carboxylic acids is 1. The van der Waals surface area contributed by atoms with E-state index in [4.69, 9.17) is 14.2 Å². The molecule has 3 aromatic carbocycles. The van der Waals surface area contributed by atoms with Crippen LogP contribution in [0.3, 0.4) is 0 Å². The number of benzene rings is 3.